The van der Waals surface area contributed by atoms with Gasteiger partial charge in [0.25, 0.3) is 5.91 Å². The van der Waals surface area contributed by atoms with Gasteiger partial charge in [-0.3, -0.25) is 4.79 Å². The van der Waals surface area contributed by atoms with Crippen molar-refractivity contribution in [3.63, 3.8) is 0 Å². The van der Waals surface area contributed by atoms with Crippen LogP contribution < -0.4 is 11.1 Å². The number of nitrogens with two attached hydrogens (primary N) is 1. The molecule has 0 heterocycles. The predicted molar refractivity (Wildman–Crippen MR) is 61.9 cm³/mol. The third kappa shape index (κ3) is 3.13. The number of nitrogen functional groups attached to an aromatic ring is 1. The fraction of sp³-hybridized carbons (Fsp3) is 0.222. The van der Waals surface area contributed by atoms with Gasteiger partial charge in [-0.2, -0.15) is 0 Å². The molecule has 1 aromatic carbocycles. The summed E-state index contributed by atoms with van der Waals surface area (Å²) >= 11 is 2.07. The molecule has 0 aliphatic rings. The average Bonchev–Trinajstić information content (AvgIpc) is 2.12. The molecule has 1 amide bonds. The first-order valence-corrected chi connectivity index (χ1v) is 5.11. The molecule has 0 saturated carbocycles. The van der Waals surface area contributed by atoms with Gasteiger partial charge in [0, 0.05) is 21.4 Å². The fourth-order valence-corrected chi connectivity index (χ4v) is 1.70. The molecule has 5 heteroatoms. The summed E-state index contributed by atoms with van der Waals surface area (Å²) in [4.78, 5) is 11.4. The number of anilines is 1. The Morgan fingerprint density at radius 2 is 2.21 bits per heavy atom. The van der Waals surface area contributed by atoms with E-state index in [-0.39, 0.29) is 12.5 Å². The van der Waals surface area contributed by atoms with Crippen molar-refractivity contribution in [2.75, 3.05) is 19.0 Å². The van der Waals surface area contributed by atoms with Gasteiger partial charge < -0.3 is 11.1 Å². The fourth-order valence-electron chi connectivity index (χ4n) is 1.01. The summed E-state index contributed by atoms with van der Waals surface area (Å²) in [6.07, 6.45) is 0. The highest BCUT2D eigenvalue weighted by Crippen LogP contribution is 2.13. The Labute approximate surface area is 95.0 Å². The second kappa shape index (κ2) is 5.14. The van der Waals surface area contributed by atoms with Gasteiger partial charge in [-0.05, 0) is 40.8 Å². The van der Waals surface area contributed by atoms with Crippen molar-refractivity contribution in [3.8, 4) is 0 Å². The highest BCUT2D eigenvalue weighted by Gasteiger charge is 2.05. The highest BCUT2D eigenvalue weighted by molar-refractivity contribution is 14.1. The Bertz CT molecular complexity index is 323. The quantitative estimate of drug-likeness (QED) is 0.658. The molecular formula is C9H10FIN2O. The topological polar surface area (TPSA) is 55.1 Å². The van der Waals surface area contributed by atoms with Gasteiger partial charge in [-0.25, -0.2) is 4.39 Å². The molecule has 0 aromatic heterocycles. The summed E-state index contributed by atoms with van der Waals surface area (Å²) in [5.41, 5.74) is 6.56. The molecule has 0 aliphatic heterocycles. The molecule has 0 bridgehead atoms. The number of halogens is 2. The number of amides is 1. The third-order valence-corrected chi connectivity index (χ3v) is 2.19. The molecule has 0 saturated heterocycles. The zero-order valence-electron chi connectivity index (χ0n) is 7.39. The first-order chi connectivity index (χ1) is 6.63. The lowest BCUT2D eigenvalue weighted by atomic mass is 10.2. The van der Waals surface area contributed by atoms with E-state index in [9.17, 15) is 9.18 Å². The molecule has 14 heavy (non-hydrogen) atoms. The maximum Gasteiger partial charge on any atom is 0.251 e. The van der Waals surface area contributed by atoms with Crippen molar-refractivity contribution in [3.05, 3.63) is 27.3 Å². The van der Waals surface area contributed by atoms with E-state index in [1.165, 1.54) is 0 Å². The van der Waals surface area contributed by atoms with Crippen LogP contribution in [0.2, 0.25) is 0 Å². The van der Waals surface area contributed by atoms with E-state index in [0.717, 1.165) is 3.57 Å². The smallest absolute Gasteiger partial charge is 0.251 e. The molecule has 0 radical (unpaired) electrons. The van der Waals surface area contributed by atoms with Crippen LogP contribution in [0, 0.1) is 3.57 Å². The Balaban J connectivity index is 2.79. The number of alkyl halides is 1. The SMILES string of the molecule is Nc1cc(I)cc(C(=O)NCCF)c1. The number of carbonyl (C=O) groups excluding carboxylic acids is 1. The van der Waals surface area contributed by atoms with Crippen molar-refractivity contribution in [1.29, 1.82) is 0 Å². The standard InChI is InChI=1S/C9H10FIN2O/c10-1-2-13-9(14)6-3-7(11)5-8(12)4-6/h3-5H,1-2,12H2,(H,13,14). The lowest BCUT2D eigenvalue weighted by Crippen LogP contribution is -2.25. The van der Waals surface area contributed by atoms with Gasteiger partial charge in [0.2, 0.25) is 0 Å². The monoisotopic (exact) mass is 308 g/mol. The van der Waals surface area contributed by atoms with E-state index >= 15 is 0 Å². The molecule has 3 nitrogen and oxygen atoms in total. The first-order valence-electron chi connectivity index (χ1n) is 4.03. The van der Waals surface area contributed by atoms with E-state index in [4.69, 9.17) is 5.73 Å². The lowest BCUT2D eigenvalue weighted by Gasteiger charge is -2.04. The molecule has 0 aliphatic carbocycles. The number of rotatable bonds is 3. The van der Waals surface area contributed by atoms with Crippen molar-refractivity contribution < 1.29 is 9.18 Å². The van der Waals surface area contributed by atoms with E-state index in [2.05, 4.69) is 27.9 Å². The van der Waals surface area contributed by atoms with Crippen molar-refractivity contribution in [1.82, 2.24) is 5.32 Å². The normalized spacial score (nSPS) is 9.86. The summed E-state index contributed by atoms with van der Waals surface area (Å²) in [7, 11) is 0. The van der Waals surface area contributed by atoms with Crippen molar-refractivity contribution >= 4 is 34.2 Å². The molecule has 76 valence electrons. The Morgan fingerprint density at radius 3 is 2.79 bits per heavy atom. The highest BCUT2D eigenvalue weighted by atomic mass is 127. The Kier molecular flexibility index (Phi) is 4.12. The molecular weight excluding hydrogens is 298 g/mol. The number of carbonyl (C=O) groups is 1. The van der Waals surface area contributed by atoms with Crippen LogP contribution in [0.3, 0.4) is 0 Å². The molecule has 3 N–H and O–H groups in total. The van der Waals surface area contributed by atoms with Crippen molar-refractivity contribution in [2.24, 2.45) is 0 Å². The minimum Gasteiger partial charge on any atom is -0.399 e. The molecule has 0 fully saturated rings. The van der Waals surface area contributed by atoms with E-state index in [1.54, 1.807) is 18.2 Å². The van der Waals surface area contributed by atoms with Crippen LogP contribution in [0.1, 0.15) is 10.4 Å². The third-order valence-electron chi connectivity index (χ3n) is 1.56. The maximum absolute atomic E-state index is 11.8. The Hall–Kier alpha value is -0.850. The number of hydrogen-bond donors (Lipinski definition) is 2. The van der Waals surface area contributed by atoms with Crippen LogP contribution in [-0.4, -0.2) is 19.1 Å². The van der Waals surface area contributed by atoms with E-state index in [1.807, 2.05) is 0 Å². The number of benzene rings is 1. The molecule has 0 spiro atoms. The van der Waals surface area contributed by atoms with Crippen LogP contribution >= 0.6 is 22.6 Å². The van der Waals surface area contributed by atoms with E-state index < -0.39 is 6.67 Å². The zero-order valence-corrected chi connectivity index (χ0v) is 9.55. The van der Waals surface area contributed by atoms with Gasteiger partial charge in [0.05, 0.1) is 0 Å². The lowest BCUT2D eigenvalue weighted by molar-refractivity contribution is 0.0951. The molecule has 1 rings (SSSR count). The van der Waals surface area contributed by atoms with Crippen LogP contribution in [0.4, 0.5) is 10.1 Å². The number of hydrogen-bond acceptors (Lipinski definition) is 2. The first kappa shape index (κ1) is 11.2. The van der Waals surface area contributed by atoms with Gasteiger partial charge in [0.15, 0.2) is 0 Å². The summed E-state index contributed by atoms with van der Waals surface area (Å²) < 4.78 is 12.7. The summed E-state index contributed by atoms with van der Waals surface area (Å²) in [5.74, 6) is -0.298. The van der Waals surface area contributed by atoms with Crippen LogP contribution in [0.5, 0.6) is 0 Å². The van der Waals surface area contributed by atoms with Crippen LogP contribution in [0.15, 0.2) is 18.2 Å². The number of nitrogens with one attached hydrogen (secondary N) is 1. The minimum absolute atomic E-state index is 0.0320. The van der Waals surface area contributed by atoms with Gasteiger partial charge in [0.1, 0.15) is 6.67 Å². The van der Waals surface area contributed by atoms with Crippen LogP contribution in [-0.2, 0) is 0 Å². The summed E-state index contributed by atoms with van der Waals surface area (Å²) in [5, 5.41) is 2.43. The van der Waals surface area contributed by atoms with Crippen LogP contribution in [0.25, 0.3) is 0 Å². The summed E-state index contributed by atoms with van der Waals surface area (Å²) in [6.45, 7) is -0.532. The molecule has 0 atom stereocenters. The summed E-state index contributed by atoms with van der Waals surface area (Å²) in [6, 6.07) is 5.02. The second-order valence-electron chi connectivity index (χ2n) is 2.72. The Morgan fingerprint density at radius 1 is 1.50 bits per heavy atom. The zero-order chi connectivity index (χ0) is 10.6. The van der Waals surface area contributed by atoms with E-state index in [0.29, 0.717) is 11.3 Å². The molecule has 1 aromatic rings. The van der Waals surface area contributed by atoms with Gasteiger partial charge in [-0.1, -0.05) is 0 Å². The minimum atomic E-state index is -0.564. The predicted octanol–water partition coefficient (Wildman–Crippen LogP) is 1.57. The van der Waals surface area contributed by atoms with Gasteiger partial charge in [-0.15, -0.1) is 0 Å². The average molecular weight is 308 g/mol. The van der Waals surface area contributed by atoms with Gasteiger partial charge >= 0.3 is 0 Å². The second-order valence-corrected chi connectivity index (χ2v) is 3.96. The largest absolute Gasteiger partial charge is 0.399 e. The van der Waals surface area contributed by atoms with Crippen molar-refractivity contribution in [2.45, 2.75) is 0 Å². The molecule has 0 unspecified atom stereocenters. The maximum atomic E-state index is 11.8.